The molecule has 0 bridgehead atoms. The van der Waals surface area contributed by atoms with Gasteiger partial charge in [-0.25, -0.2) is 0 Å². The van der Waals surface area contributed by atoms with Crippen LogP contribution in [0.25, 0.3) is 0 Å². The number of carbonyl (C=O) groups is 2. The van der Waals surface area contributed by atoms with Gasteiger partial charge in [0.15, 0.2) is 0 Å². The van der Waals surface area contributed by atoms with Gasteiger partial charge < -0.3 is 20.4 Å². The molecule has 38 heavy (non-hydrogen) atoms. The van der Waals surface area contributed by atoms with Crippen LogP contribution >= 0.6 is 0 Å². The smallest absolute Gasteiger partial charge is 0.256 e. The zero-order valence-corrected chi connectivity index (χ0v) is 22.1. The fourth-order valence-corrected chi connectivity index (χ4v) is 5.04. The first-order valence-electron chi connectivity index (χ1n) is 13.4. The molecular formula is C31H35N5O2. The first kappa shape index (κ1) is 25.7. The van der Waals surface area contributed by atoms with Gasteiger partial charge in [0.2, 0.25) is 0 Å². The molecule has 3 aromatic rings. The van der Waals surface area contributed by atoms with Crippen molar-refractivity contribution in [1.82, 2.24) is 15.5 Å². The van der Waals surface area contributed by atoms with E-state index in [4.69, 9.17) is 0 Å². The Morgan fingerprint density at radius 2 is 1.61 bits per heavy atom. The zero-order valence-electron chi connectivity index (χ0n) is 22.1. The minimum absolute atomic E-state index is 0.0522. The number of hydrogen-bond acceptors (Lipinski definition) is 5. The van der Waals surface area contributed by atoms with Gasteiger partial charge in [0, 0.05) is 48.6 Å². The average Bonchev–Trinajstić information content (AvgIpc) is 3.35. The van der Waals surface area contributed by atoms with Crippen LogP contribution in [0.4, 0.5) is 5.69 Å². The Bertz CT molecular complexity index is 1310. The summed E-state index contributed by atoms with van der Waals surface area (Å²) in [4.78, 5) is 35.4. The van der Waals surface area contributed by atoms with E-state index in [1.807, 2.05) is 72.8 Å². The average molecular weight is 510 g/mol. The van der Waals surface area contributed by atoms with Crippen LogP contribution in [0.1, 0.15) is 63.2 Å². The van der Waals surface area contributed by atoms with Crippen LogP contribution in [-0.2, 0) is 6.54 Å². The lowest BCUT2D eigenvalue weighted by Crippen LogP contribution is -2.44. The van der Waals surface area contributed by atoms with Gasteiger partial charge in [-0.3, -0.25) is 14.6 Å². The molecule has 3 aromatic carbocycles. The summed E-state index contributed by atoms with van der Waals surface area (Å²) in [7, 11) is 2.14. The maximum atomic E-state index is 13.2. The SMILES string of the molecule is CCC[C@H](NC(=O)c1ccc2c(c1)C(NC(=O)c1ccc(N3CCN(C)CC3)cc1)=NC2)c1ccccc1. The Balaban J connectivity index is 1.25. The summed E-state index contributed by atoms with van der Waals surface area (Å²) < 4.78 is 0. The Labute approximate surface area is 224 Å². The van der Waals surface area contributed by atoms with Gasteiger partial charge in [-0.1, -0.05) is 49.7 Å². The van der Waals surface area contributed by atoms with E-state index in [9.17, 15) is 9.59 Å². The van der Waals surface area contributed by atoms with Crippen molar-refractivity contribution in [2.75, 3.05) is 38.1 Å². The third-order valence-corrected chi connectivity index (χ3v) is 7.35. The number of piperazine rings is 1. The number of fused-ring (bicyclic) bond motifs is 1. The van der Waals surface area contributed by atoms with Crippen molar-refractivity contribution in [3.63, 3.8) is 0 Å². The number of carbonyl (C=O) groups excluding carboxylic acids is 2. The molecule has 0 saturated carbocycles. The van der Waals surface area contributed by atoms with Crippen LogP contribution in [0, 0.1) is 0 Å². The molecule has 1 saturated heterocycles. The molecule has 196 valence electrons. The van der Waals surface area contributed by atoms with E-state index in [-0.39, 0.29) is 17.9 Å². The van der Waals surface area contributed by atoms with E-state index >= 15 is 0 Å². The Kier molecular flexibility index (Phi) is 7.84. The van der Waals surface area contributed by atoms with E-state index < -0.39 is 0 Å². The second-order valence-electron chi connectivity index (χ2n) is 10.1. The van der Waals surface area contributed by atoms with Crippen LogP contribution in [0.3, 0.4) is 0 Å². The summed E-state index contributed by atoms with van der Waals surface area (Å²) in [6.45, 7) is 6.63. The molecule has 2 N–H and O–H groups in total. The van der Waals surface area contributed by atoms with Gasteiger partial charge in [0.1, 0.15) is 5.84 Å². The van der Waals surface area contributed by atoms with Crippen molar-refractivity contribution < 1.29 is 9.59 Å². The molecule has 1 fully saturated rings. The Morgan fingerprint density at radius 1 is 0.895 bits per heavy atom. The van der Waals surface area contributed by atoms with E-state index in [0.717, 1.165) is 61.4 Å². The van der Waals surface area contributed by atoms with E-state index in [0.29, 0.717) is 23.5 Å². The normalized spacial score (nSPS) is 15.9. The van der Waals surface area contributed by atoms with E-state index in [1.54, 1.807) is 0 Å². The quantitative estimate of drug-likeness (QED) is 0.495. The van der Waals surface area contributed by atoms with Crippen molar-refractivity contribution in [1.29, 1.82) is 0 Å². The van der Waals surface area contributed by atoms with Gasteiger partial charge in [-0.2, -0.15) is 0 Å². The fraction of sp³-hybridized carbons (Fsp3) is 0.323. The number of rotatable bonds is 7. The molecule has 7 heteroatoms. The third kappa shape index (κ3) is 5.78. The first-order valence-corrected chi connectivity index (χ1v) is 13.4. The van der Waals surface area contributed by atoms with Crippen LogP contribution in [-0.4, -0.2) is 55.8 Å². The zero-order chi connectivity index (χ0) is 26.5. The highest BCUT2D eigenvalue weighted by molar-refractivity contribution is 6.15. The van der Waals surface area contributed by atoms with Crippen molar-refractivity contribution in [2.45, 2.75) is 32.4 Å². The second kappa shape index (κ2) is 11.6. The highest BCUT2D eigenvalue weighted by Gasteiger charge is 2.22. The highest BCUT2D eigenvalue weighted by Crippen LogP contribution is 2.23. The molecule has 0 spiro atoms. The summed E-state index contributed by atoms with van der Waals surface area (Å²) in [5.74, 6) is 0.173. The van der Waals surface area contributed by atoms with Gasteiger partial charge in [0.05, 0.1) is 12.6 Å². The maximum Gasteiger partial charge on any atom is 0.256 e. The number of nitrogens with one attached hydrogen (secondary N) is 2. The lowest BCUT2D eigenvalue weighted by atomic mass is 10.0. The minimum atomic E-state index is -0.205. The van der Waals surface area contributed by atoms with Crippen LogP contribution < -0.4 is 15.5 Å². The maximum absolute atomic E-state index is 13.2. The van der Waals surface area contributed by atoms with Crippen LogP contribution in [0.15, 0.2) is 77.8 Å². The van der Waals surface area contributed by atoms with Gasteiger partial charge in [0.25, 0.3) is 11.8 Å². The number of likely N-dealkylation sites (N-methyl/N-ethyl adjacent to an activating group) is 1. The lowest BCUT2D eigenvalue weighted by Gasteiger charge is -2.34. The highest BCUT2D eigenvalue weighted by atomic mass is 16.2. The number of nitrogens with zero attached hydrogens (tertiary/aromatic N) is 3. The van der Waals surface area contributed by atoms with Gasteiger partial charge in [-0.05, 0) is 61.0 Å². The summed E-state index contributed by atoms with van der Waals surface area (Å²) in [6, 6.07) is 23.3. The van der Waals surface area contributed by atoms with Crippen molar-refractivity contribution in [2.24, 2.45) is 4.99 Å². The molecule has 5 rings (SSSR count). The second-order valence-corrected chi connectivity index (χ2v) is 10.1. The van der Waals surface area contributed by atoms with Crippen molar-refractivity contribution >= 4 is 23.3 Å². The predicted octanol–water partition coefficient (Wildman–Crippen LogP) is 4.40. The number of amides is 2. The monoisotopic (exact) mass is 509 g/mol. The molecule has 2 aliphatic rings. The summed E-state index contributed by atoms with van der Waals surface area (Å²) in [5.41, 5.74) is 5.16. The Hall–Kier alpha value is -3.97. The van der Waals surface area contributed by atoms with E-state index in [2.05, 4.69) is 39.4 Å². The summed E-state index contributed by atoms with van der Waals surface area (Å²) in [6.07, 6.45) is 1.82. The number of benzene rings is 3. The summed E-state index contributed by atoms with van der Waals surface area (Å²) in [5, 5.41) is 6.15. The molecule has 7 nitrogen and oxygen atoms in total. The lowest BCUT2D eigenvalue weighted by molar-refractivity contribution is 0.0933. The molecule has 0 unspecified atom stereocenters. The Morgan fingerprint density at radius 3 is 2.32 bits per heavy atom. The number of aliphatic imine (C=N–C) groups is 1. The fourth-order valence-electron chi connectivity index (χ4n) is 5.04. The van der Waals surface area contributed by atoms with Gasteiger partial charge in [-0.15, -0.1) is 0 Å². The molecule has 0 aliphatic carbocycles. The number of hydrogen-bond donors (Lipinski definition) is 2. The minimum Gasteiger partial charge on any atom is -0.369 e. The van der Waals surface area contributed by atoms with E-state index in [1.165, 1.54) is 0 Å². The van der Waals surface area contributed by atoms with Crippen molar-refractivity contribution in [3.05, 3.63) is 101 Å². The molecule has 2 aliphatic heterocycles. The van der Waals surface area contributed by atoms with Crippen molar-refractivity contribution in [3.8, 4) is 0 Å². The largest absolute Gasteiger partial charge is 0.369 e. The molecule has 0 radical (unpaired) electrons. The molecule has 2 amide bonds. The number of anilines is 1. The molecule has 1 atom stereocenters. The standard InChI is InChI=1S/C31H35N5O2/c1-3-7-28(22-8-5-4-6-9-22)33-31(38)24-10-11-25-21-32-29(27(25)20-24)34-30(37)23-12-14-26(15-13-23)36-18-16-35(2)17-19-36/h4-6,8-15,20,28H,3,7,16-19,21H2,1-2H3,(H,33,38)(H,32,34,37)/t28-/m0/s1. The number of amidine groups is 1. The molecular weight excluding hydrogens is 474 g/mol. The van der Waals surface area contributed by atoms with Crippen LogP contribution in [0.2, 0.25) is 0 Å². The summed E-state index contributed by atoms with van der Waals surface area (Å²) >= 11 is 0. The molecule has 2 heterocycles. The van der Waals surface area contributed by atoms with Gasteiger partial charge >= 0.3 is 0 Å². The molecule has 0 aromatic heterocycles. The third-order valence-electron chi connectivity index (χ3n) is 7.35. The first-order chi connectivity index (χ1) is 18.5. The topological polar surface area (TPSA) is 77.0 Å². The van der Waals surface area contributed by atoms with Crippen LogP contribution in [0.5, 0.6) is 0 Å². The predicted molar refractivity (Wildman–Crippen MR) is 152 cm³/mol.